The second kappa shape index (κ2) is 9.80. The Morgan fingerprint density at radius 3 is 2.42 bits per heavy atom. The van der Waals surface area contributed by atoms with Crippen molar-refractivity contribution in [1.29, 1.82) is 0 Å². The Kier molecular flexibility index (Phi) is 6.81. The second-order valence-electron chi connectivity index (χ2n) is 9.59. The topological polar surface area (TPSA) is 92.3 Å². The van der Waals surface area contributed by atoms with Crippen LogP contribution >= 0.6 is 11.3 Å². The van der Waals surface area contributed by atoms with Gasteiger partial charge in [-0.3, -0.25) is 4.79 Å². The molecule has 0 bridgehead atoms. The van der Waals surface area contributed by atoms with Crippen molar-refractivity contribution in [3.63, 3.8) is 0 Å². The Bertz CT molecular complexity index is 1100. The summed E-state index contributed by atoms with van der Waals surface area (Å²) in [5.74, 6) is 0.188. The molecule has 0 unspecified atom stereocenters. The normalized spacial score (nSPS) is 21.0. The number of nitrogens with zero attached hydrogens (tertiary/aromatic N) is 3. The molecule has 9 heteroatoms. The number of aromatic nitrogens is 2. The molecular weight excluding hydrogens is 456 g/mol. The summed E-state index contributed by atoms with van der Waals surface area (Å²) in [7, 11) is -3.53. The van der Waals surface area contributed by atoms with Gasteiger partial charge in [-0.05, 0) is 74.6 Å². The molecular formula is C24H32N4O3S2. The van der Waals surface area contributed by atoms with E-state index in [0.29, 0.717) is 41.9 Å². The summed E-state index contributed by atoms with van der Waals surface area (Å²) in [6, 6.07) is 5.59. The number of carbonyl (C=O) groups excluding carboxylic acids is 1. The van der Waals surface area contributed by atoms with Crippen LogP contribution in [-0.2, 0) is 27.7 Å². The Morgan fingerprint density at radius 2 is 1.67 bits per heavy atom. The maximum atomic E-state index is 13.2. The lowest BCUT2D eigenvalue weighted by Crippen LogP contribution is -2.41. The molecule has 0 atom stereocenters. The minimum atomic E-state index is -3.53. The minimum Gasteiger partial charge on any atom is -0.300 e. The summed E-state index contributed by atoms with van der Waals surface area (Å²) in [5, 5.41) is 13.0. The summed E-state index contributed by atoms with van der Waals surface area (Å²) >= 11 is 1.48. The molecule has 1 aromatic carbocycles. The molecule has 7 nitrogen and oxygen atoms in total. The molecule has 0 spiro atoms. The van der Waals surface area contributed by atoms with Crippen LogP contribution in [0.3, 0.4) is 0 Å². The lowest BCUT2D eigenvalue weighted by Gasteiger charge is -2.30. The molecule has 2 heterocycles. The van der Waals surface area contributed by atoms with Gasteiger partial charge < -0.3 is 5.32 Å². The van der Waals surface area contributed by atoms with Crippen molar-refractivity contribution >= 4 is 32.4 Å². The van der Waals surface area contributed by atoms with Gasteiger partial charge in [-0.1, -0.05) is 36.7 Å². The monoisotopic (exact) mass is 488 g/mol. The van der Waals surface area contributed by atoms with E-state index >= 15 is 0 Å². The second-order valence-corrected chi connectivity index (χ2v) is 12.5. The number of aryl methyl sites for hydroxylation is 2. The van der Waals surface area contributed by atoms with E-state index in [1.54, 1.807) is 6.07 Å². The molecule has 1 saturated heterocycles. The molecule has 1 amide bonds. The molecule has 178 valence electrons. The summed E-state index contributed by atoms with van der Waals surface area (Å²) in [6.45, 7) is 0.724. The number of piperidine rings is 1. The highest BCUT2D eigenvalue weighted by atomic mass is 32.2. The highest BCUT2D eigenvalue weighted by Gasteiger charge is 2.33. The van der Waals surface area contributed by atoms with E-state index in [1.165, 1.54) is 52.5 Å². The average molecular weight is 489 g/mol. The molecule has 1 N–H and O–H groups in total. The Hall–Kier alpha value is -1.84. The number of nitrogens with one attached hydrogen (secondary N) is 1. The highest BCUT2D eigenvalue weighted by Crippen LogP contribution is 2.35. The predicted molar refractivity (Wildman–Crippen MR) is 129 cm³/mol. The van der Waals surface area contributed by atoms with E-state index in [1.807, 2.05) is 12.1 Å². The van der Waals surface area contributed by atoms with Gasteiger partial charge in [0.15, 0.2) is 0 Å². The van der Waals surface area contributed by atoms with Gasteiger partial charge in [-0.2, -0.15) is 4.31 Å². The maximum absolute atomic E-state index is 13.2. The van der Waals surface area contributed by atoms with Crippen LogP contribution in [0.5, 0.6) is 0 Å². The molecule has 2 aromatic rings. The molecule has 2 aliphatic carbocycles. The smallest absolute Gasteiger partial charge is 0.243 e. The van der Waals surface area contributed by atoms with Crippen molar-refractivity contribution in [2.24, 2.45) is 5.92 Å². The van der Waals surface area contributed by atoms with Gasteiger partial charge in [-0.25, -0.2) is 8.42 Å². The van der Waals surface area contributed by atoms with Gasteiger partial charge in [0.1, 0.15) is 5.01 Å². The third kappa shape index (κ3) is 5.00. The van der Waals surface area contributed by atoms with E-state index in [0.717, 1.165) is 37.1 Å². The van der Waals surface area contributed by atoms with Gasteiger partial charge in [0, 0.05) is 24.9 Å². The number of hydrogen-bond donors (Lipinski definition) is 1. The van der Waals surface area contributed by atoms with Crippen molar-refractivity contribution in [1.82, 2.24) is 14.5 Å². The van der Waals surface area contributed by atoms with E-state index in [-0.39, 0.29) is 11.8 Å². The fraction of sp³-hybridized carbons (Fsp3) is 0.625. The van der Waals surface area contributed by atoms with E-state index < -0.39 is 10.0 Å². The first-order valence-corrected chi connectivity index (χ1v) is 14.5. The van der Waals surface area contributed by atoms with Crippen LogP contribution in [0.2, 0.25) is 0 Å². The first kappa shape index (κ1) is 22.9. The number of carbonyl (C=O) groups is 1. The largest absolute Gasteiger partial charge is 0.300 e. The van der Waals surface area contributed by atoms with Crippen LogP contribution in [0.25, 0.3) is 0 Å². The zero-order chi connectivity index (χ0) is 22.8. The number of anilines is 1. The number of rotatable bonds is 5. The number of fused-ring (bicyclic) bond motifs is 1. The van der Waals surface area contributed by atoms with Crippen molar-refractivity contribution < 1.29 is 13.2 Å². The van der Waals surface area contributed by atoms with Crippen molar-refractivity contribution in [2.45, 2.75) is 81.4 Å². The van der Waals surface area contributed by atoms with Gasteiger partial charge in [0.2, 0.25) is 21.1 Å². The van der Waals surface area contributed by atoms with Crippen LogP contribution in [0.15, 0.2) is 23.1 Å². The maximum Gasteiger partial charge on any atom is 0.243 e. The minimum absolute atomic E-state index is 0.0767. The Balaban J connectivity index is 1.17. The number of sulfonamides is 1. The van der Waals surface area contributed by atoms with E-state index in [9.17, 15) is 13.2 Å². The molecule has 1 aliphatic heterocycles. The summed E-state index contributed by atoms with van der Waals surface area (Å²) in [6.07, 6.45) is 11.4. The number of hydrogen-bond acceptors (Lipinski definition) is 6. The third-order valence-corrected chi connectivity index (χ3v) is 10.3. The van der Waals surface area contributed by atoms with Gasteiger partial charge in [-0.15, -0.1) is 10.2 Å². The Labute approximate surface area is 200 Å². The van der Waals surface area contributed by atoms with Gasteiger partial charge in [0.25, 0.3) is 0 Å². The number of amides is 1. The lowest BCUT2D eigenvalue weighted by molar-refractivity contribution is -0.120. The first-order chi connectivity index (χ1) is 16.0. The standard InChI is InChI=1S/C24H32N4O3S2/c29-22(25-24-27-26-23(32-24)19-7-2-1-3-8-19)18-12-14-28(15-13-18)33(30,31)21-11-10-17-6-4-5-9-20(17)16-21/h10-11,16,18-19H,1-9,12-15H2,(H,25,27,29). The van der Waals surface area contributed by atoms with Crippen LogP contribution in [0, 0.1) is 5.92 Å². The fourth-order valence-electron chi connectivity index (χ4n) is 5.38. The zero-order valence-electron chi connectivity index (χ0n) is 19.0. The average Bonchev–Trinajstić information content (AvgIpc) is 3.33. The summed E-state index contributed by atoms with van der Waals surface area (Å²) in [5.41, 5.74) is 2.44. The zero-order valence-corrected chi connectivity index (χ0v) is 20.6. The van der Waals surface area contributed by atoms with Crippen LogP contribution < -0.4 is 5.32 Å². The van der Waals surface area contributed by atoms with Crippen LogP contribution in [-0.4, -0.2) is 41.9 Å². The van der Waals surface area contributed by atoms with Crippen molar-refractivity contribution in [2.75, 3.05) is 18.4 Å². The van der Waals surface area contributed by atoms with Gasteiger partial charge >= 0.3 is 0 Å². The molecule has 2 fully saturated rings. The molecule has 0 radical (unpaired) electrons. The lowest BCUT2D eigenvalue weighted by atomic mass is 9.90. The van der Waals surface area contributed by atoms with E-state index in [4.69, 9.17) is 0 Å². The summed E-state index contributed by atoms with van der Waals surface area (Å²) in [4.78, 5) is 13.2. The first-order valence-electron chi connectivity index (χ1n) is 12.3. The SMILES string of the molecule is O=C(Nc1nnc(C2CCCCC2)s1)C1CCN(S(=O)(=O)c2ccc3c(c2)CCCC3)CC1. The van der Waals surface area contributed by atoms with Gasteiger partial charge in [0.05, 0.1) is 4.90 Å². The molecule has 1 saturated carbocycles. The van der Waals surface area contributed by atoms with Crippen molar-refractivity contribution in [3.8, 4) is 0 Å². The highest BCUT2D eigenvalue weighted by molar-refractivity contribution is 7.89. The quantitative estimate of drug-likeness (QED) is 0.669. The summed E-state index contributed by atoms with van der Waals surface area (Å²) < 4.78 is 27.9. The van der Waals surface area contributed by atoms with Crippen LogP contribution in [0.1, 0.15) is 79.8 Å². The molecule has 3 aliphatic rings. The molecule has 5 rings (SSSR count). The Morgan fingerprint density at radius 1 is 0.939 bits per heavy atom. The molecule has 1 aromatic heterocycles. The fourth-order valence-corrected chi connectivity index (χ4v) is 7.82. The van der Waals surface area contributed by atoms with Crippen molar-refractivity contribution in [3.05, 3.63) is 34.3 Å². The number of benzene rings is 1. The molecule has 33 heavy (non-hydrogen) atoms. The predicted octanol–water partition coefficient (Wildman–Crippen LogP) is 4.50. The van der Waals surface area contributed by atoms with E-state index in [2.05, 4.69) is 15.5 Å². The third-order valence-electron chi connectivity index (χ3n) is 7.41. The van der Waals surface area contributed by atoms with Crippen LogP contribution in [0.4, 0.5) is 5.13 Å².